The topological polar surface area (TPSA) is 46.6 Å². The molecule has 0 bridgehead atoms. The minimum Gasteiger partial charge on any atom is -0.459 e. The zero-order valence-corrected chi connectivity index (χ0v) is 16.0. The lowest BCUT2D eigenvalue weighted by atomic mass is 10.1. The molecule has 2 aromatic carbocycles. The lowest BCUT2D eigenvalue weighted by Gasteiger charge is -2.22. The van der Waals surface area contributed by atoms with Gasteiger partial charge in [-0.15, -0.1) is 0 Å². The quantitative estimate of drug-likeness (QED) is 0.502. The summed E-state index contributed by atoms with van der Waals surface area (Å²) in [5, 5.41) is 0. The van der Waals surface area contributed by atoms with E-state index in [2.05, 4.69) is 15.9 Å². The molecular weight excluding hydrogens is 427 g/mol. The summed E-state index contributed by atoms with van der Waals surface area (Å²) in [6.45, 7) is 1.73. The number of benzene rings is 2. The SMILES string of the molecule is CCOC(=O)C(=O)N(Cc1ccc(Br)cc1)Cc1ccc(C(F)(F)F)cc1. The summed E-state index contributed by atoms with van der Waals surface area (Å²) in [5.74, 6) is -1.85. The lowest BCUT2D eigenvalue weighted by molar-refractivity contribution is -0.160. The van der Waals surface area contributed by atoms with Crippen LogP contribution in [-0.2, 0) is 33.6 Å². The molecule has 0 spiro atoms. The summed E-state index contributed by atoms with van der Waals surface area (Å²) in [6, 6.07) is 11.6. The second kappa shape index (κ2) is 9.03. The number of carbonyl (C=O) groups is 2. The molecule has 0 radical (unpaired) electrons. The molecule has 8 heteroatoms. The zero-order valence-electron chi connectivity index (χ0n) is 14.4. The molecule has 0 heterocycles. The molecule has 2 aromatic rings. The largest absolute Gasteiger partial charge is 0.459 e. The molecule has 2 rings (SSSR count). The number of alkyl halides is 3. The zero-order chi connectivity index (χ0) is 20.0. The minimum absolute atomic E-state index is 0.0220. The molecule has 0 aliphatic rings. The molecule has 0 saturated carbocycles. The van der Waals surface area contributed by atoms with Crippen LogP contribution in [0.5, 0.6) is 0 Å². The summed E-state index contributed by atoms with van der Waals surface area (Å²) < 4.78 is 43.7. The Bertz CT molecular complexity index is 789. The second-order valence-electron chi connectivity index (χ2n) is 5.70. The fraction of sp³-hybridized carbons (Fsp3) is 0.263. The van der Waals surface area contributed by atoms with Crippen LogP contribution in [0, 0.1) is 0 Å². The van der Waals surface area contributed by atoms with Crippen molar-refractivity contribution in [2.45, 2.75) is 26.2 Å². The van der Waals surface area contributed by atoms with Gasteiger partial charge in [0, 0.05) is 17.6 Å². The van der Waals surface area contributed by atoms with Crippen LogP contribution in [0.15, 0.2) is 53.0 Å². The van der Waals surface area contributed by atoms with Crippen LogP contribution in [0.2, 0.25) is 0 Å². The van der Waals surface area contributed by atoms with Gasteiger partial charge in [0.15, 0.2) is 0 Å². The minimum atomic E-state index is -4.43. The third-order valence-corrected chi connectivity index (χ3v) is 4.21. The average Bonchev–Trinajstić information content (AvgIpc) is 2.62. The van der Waals surface area contributed by atoms with Crippen molar-refractivity contribution in [1.29, 1.82) is 0 Å². The highest BCUT2D eigenvalue weighted by molar-refractivity contribution is 9.10. The van der Waals surface area contributed by atoms with Crippen LogP contribution in [0.1, 0.15) is 23.6 Å². The predicted octanol–water partition coefficient (Wildman–Crippen LogP) is 4.56. The van der Waals surface area contributed by atoms with Gasteiger partial charge in [0.05, 0.1) is 12.2 Å². The molecular formula is C19H17BrF3NO3. The first-order chi connectivity index (χ1) is 12.7. The Morgan fingerprint density at radius 2 is 1.44 bits per heavy atom. The standard InChI is InChI=1S/C19H17BrF3NO3/c1-2-27-18(26)17(25)24(12-14-5-9-16(20)10-6-14)11-13-3-7-15(8-4-13)19(21,22)23/h3-10H,2,11-12H2,1H3. The molecule has 27 heavy (non-hydrogen) atoms. The second-order valence-corrected chi connectivity index (χ2v) is 6.62. The van der Waals surface area contributed by atoms with E-state index in [0.29, 0.717) is 5.56 Å². The summed E-state index contributed by atoms with van der Waals surface area (Å²) in [5.41, 5.74) is 0.461. The van der Waals surface area contributed by atoms with Crippen LogP contribution in [0.25, 0.3) is 0 Å². The Hall–Kier alpha value is -2.35. The number of nitrogens with zero attached hydrogens (tertiary/aromatic N) is 1. The number of hydrogen-bond acceptors (Lipinski definition) is 3. The average molecular weight is 444 g/mol. The van der Waals surface area contributed by atoms with Crippen molar-refractivity contribution in [3.63, 3.8) is 0 Å². The Morgan fingerprint density at radius 1 is 0.963 bits per heavy atom. The number of halogens is 4. The molecule has 1 amide bonds. The van der Waals surface area contributed by atoms with Gasteiger partial charge < -0.3 is 9.64 Å². The van der Waals surface area contributed by atoms with Crippen molar-refractivity contribution < 1.29 is 27.5 Å². The summed E-state index contributed by atoms with van der Waals surface area (Å²) in [6.07, 6.45) is -4.43. The van der Waals surface area contributed by atoms with E-state index >= 15 is 0 Å². The molecule has 0 aliphatic carbocycles. The van der Waals surface area contributed by atoms with Crippen molar-refractivity contribution in [3.8, 4) is 0 Å². The van der Waals surface area contributed by atoms with E-state index in [1.807, 2.05) is 0 Å². The van der Waals surface area contributed by atoms with Crippen molar-refractivity contribution in [1.82, 2.24) is 4.90 Å². The first-order valence-electron chi connectivity index (χ1n) is 8.07. The van der Waals surface area contributed by atoms with E-state index in [1.165, 1.54) is 17.0 Å². The highest BCUT2D eigenvalue weighted by Gasteiger charge is 2.30. The van der Waals surface area contributed by atoms with Crippen LogP contribution in [0.4, 0.5) is 13.2 Å². The molecule has 0 aliphatic heterocycles. The maximum absolute atomic E-state index is 12.7. The van der Waals surface area contributed by atoms with Gasteiger partial charge in [-0.2, -0.15) is 13.2 Å². The van der Waals surface area contributed by atoms with Crippen LogP contribution >= 0.6 is 15.9 Å². The maximum atomic E-state index is 12.7. The summed E-state index contributed by atoms with van der Waals surface area (Å²) in [7, 11) is 0. The van der Waals surface area contributed by atoms with E-state index in [0.717, 1.165) is 22.2 Å². The Morgan fingerprint density at radius 3 is 1.89 bits per heavy atom. The first-order valence-corrected chi connectivity index (χ1v) is 8.86. The van der Waals surface area contributed by atoms with Crippen molar-refractivity contribution >= 4 is 27.8 Å². The fourth-order valence-electron chi connectivity index (χ4n) is 2.35. The number of amides is 1. The van der Waals surface area contributed by atoms with Crippen molar-refractivity contribution in [2.24, 2.45) is 0 Å². The molecule has 0 fully saturated rings. The predicted molar refractivity (Wildman–Crippen MR) is 96.5 cm³/mol. The lowest BCUT2D eigenvalue weighted by Crippen LogP contribution is -2.36. The molecule has 0 atom stereocenters. The number of hydrogen-bond donors (Lipinski definition) is 0. The van der Waals surface area contributed by atoms with E-state index in [4.69, 9.17) is 4.74 Å². The highest BCUT2D eigenvalue weighted by atomic mass is 79.9. The van der Waals surface area contributed by atoms with Gasteiger partial charge in [-0.3, -0.25) is 4.79 Å². The van der Waals surface area contributed by atoms with Gasteiger partial charge in [0.2, 0.25) is 0 Å². The van der Waals surface area contributed by atoms with Gasteiger partial charge in [0.1, 0.15) is 0 Å². The van der Waals surface area contributed by atoms with E-state index in [1.54, 1.807) is 31.2 Å². The van der Waals surface area contributed by atoms with E-state index in [-0.39, 0.29) is 19.7 Å². The van der Waals surface area contributed by atoms with Crippen LogP contribution in [0.3, 0.4) is 0 Å². The summed E-state index contributed by atoms with van der Waals surface area (Å²) >= 11 is 3.31. The van der Waals surface area contributed by atoms with E-state index < -0.39 is 23.6 Å². The number of esters is 1. The van der Waals surface area contributed by atoms with E-state index in [9.17, 15) is 22.8 Å². The fourth-order valence-corrected chi connectivity index (χ4v) is 2.62. The first kappa shape index (κ1) is 21.0. The van der Waals surface area contributed by atoms with Gasteiger partial charge in [-0.25, -0.2) is 4.79 Å². The normalized spacial score (nSPS) is 11.1. The smallest absolute Gasteiger partial charge is 0.416 e. The number of ether oxygens (including phenoxy) is 1. The molecule has 144 valence electrons. The van der Waals surface area contributed by atoms with Gasteiger partial charge in [-0.05, 0) is 42.3 Å². The van der Waals surface area contributed by atoms with Gasteiger partial charge in [-0.1, -0.05) is 40.2 Å². The molecule has 0 N–H and O–H groups in total. The summed E-state index contributed by atoms with van der Waals surface area (Å²) in [4.78, 5) is 25.5. The number of rotatable bonds is 5. The van der Waals surface area contributed by atoms with Crippen molar-refractivity contribution in [3.05, 3.63) is 69.7 Å². The van der Waals surface area contributed by atoms with Crippen molar-refractivity contribution in [2.75, 3.05) is 6.61 Å². The molecule has 0 saturated heterocycles. The Balaban J connectivity index is 2.21. The third-order valence-electron chi connectivity index (χ3n) is 3.68. The van der Waals surface area contributed by atoms with Gasteiger partial charge in [0.25, 0.3) is 0 Å². The molecule has 0 unspecified atom stereocenters. The Labute approximate surface area is 163 Å². The maximum Gasteiger partial charge on any atom is 0.416 e. The highest BCUT2D eigenvalue weighted by Crippen LogP contribution is 2.29. The third kappa shape index (κ3) is 6.09. The number of carbonyl (C=O) groups excluding carboxylic acids is 2. The van der Waals surface area contributed by atoms with Gasteiger partial charge >= 0.3 is 18.1 Å². The van der Waals surface area contributed by atoms with Crippen LogP contribution in [-0.4, -0.2) is 23.4 Å². The molecule has 0 aromatic heterocycles. The Kier molecular flexibility index (Phi) is 7.01. The van der Waals surface area contributed by atoms with Crippen LogP contribution < -0.4 is 0 Å². The molecule has 4 nitrogen and oxygen atoms in total. The monoisotopic (exact) mass is 443 g/mol.